The molecule has 1 atom stereocenters. The number of thioether (sulfide) groups is 1. The number of methoxy groups -OCH3 is 1. The molecule has 1 amide bonds. The number of hydrogen-bond donors (Lipinski definition) is 0. The van der Waals surface area contributed by atoms with E-state index < -0.39 is 0 Å². The molecule has 2 aromatic heterocycles. The number of carbonyl (C=O) groups is 1. The van der Waals surface area contributed by atoms with Gasteiger partial charge in [0.05, 0.1) is 18.6 Å². The van der Waals surface area contributed by atoms with Crippen LogP contribution in [0.2, 0.25) is 0 Å². The molecule has 4 rings (SSSR count). The highest BCUT2D eigenvalue weighted by Gasteiger charge is 2.35. The molecule has 3 aromatic rings. The fraction of sp³-hybridized carbons (Fsp3) is 0.167. The molecule has 25 heavy (non-hydrogen) atoms. The first-order chi connectivity index (χ1) is 12.3. The van der Waals surface area contributed by atoms with Crippen LogP contribution in [-0.4, -0.2) is 28.7 Å². The fourth-order valence-corrected chi connectivity index (χ4v) is 4.77. The summed E-state index contributed by atoms with van der Waals surface area (Å²) in [5, 5.41) is 2.66. The van der Waals surface area contributed by atoms with Gasteiger partial charge in [-0.1, -0.05) is 0 Å². The smallest absolute Gasteiger partial charge is 0.240 e. The van der Waals surface area contributed by atoms with Crippen molar-refractivity contribution in [3.8, 4) is 17.0 Å². The van der Waals surface area contributed by atoms with E-state index in [2.05, 4.69) is 4.98 Å². The minimum Gasteiger partial charge on any atom is -0.497 e. The van der Waals surface area contributed by atoms with Crippen LogP contribution < -0.4 is 9.64 Å². The minimum absolute atomic E-state index is 0.0506. The third-order valence-corrected chi connectivity index (χ3v) is 6.00. The number of rotatable bonds is 4. The highest BCUT2D eigenvalue weighted by Crippen LogP contribution is 2.43. The molecule has 0 bridgehead atoms. The second-order valence-corrected chi connectivity index (χ2v) is 7.36. The van der Waals surface area contributed by atoms with Crippen molar-refractivity contribution < 1.29 is 9.53 Å². The summed E-state index contributed by atoms with van der Waals surface area (Å²) in [5.41, 5.74) is 2.93. The van der Waals surface area contributed by atoms with Gasteiger partial charge in [0.25, 0.3) is 0 Å². The molecular weight excluding hydrogens is 354 g/mol. The van der Waals surface area contributed by atoms with E-state index >= 15 is 0 Å². The van der Waals surface area contributed by atoms with Gasteiger partial charge in [0.15, 0.2) is 5.13 Å². The lowest BCUT2D eigenvalue weighted by Gasteiger charge is -2.21. The van der Waals surface area contributed by atoms with Gasteiger partial charge < -0.3 is 4.74 Å². The van der Waals surface area contributed by atoms with Gasteiger partial charge in [0.2, 0.25) is 5.91 Å². The van der Waals surface area contributed by atoms with Crippen molar-refractivity contribution in [1.82, 2.24) is 9.97 Å². The zero-order chi connectivity index (χ0) is 17.2. The zero-order valence-electron chi connectivity index (χ0n) is 13.5. The molecule has 0 radical (unpaired) electrons. The number of pyridine rings is 1. The first kappa shape index (κ1) is 16.1. The standard InChI is InChI=1S/C18H15N3O2S2/c1-23-14-4-2-12(3-5-14)15-10-25-18(20-15)21-16(22)11-24-17(21)13-6-8-19-9-7-13/h2-10,17H,11H2,1H3/t17-/m0/s1. The molecule has 1 fully saturated rings. The quantitative estimate of drug-likeness (QED) is 0.696. The van der Waals surface area contributed by atoms with Gasteiger partial charge >= 0.3 is 0 Å². The SMILES string of the molecule is COc1ccc(-c2csc(N3C(=O)CS[C@H]3c3ccncc3)n2)cc1. The molecule has 126 valence electrons. The Bertz CT molecular complexity index is 881. The molecule has 0 unspecified atom stereocenters. The Hall–Kier alpha value is -2.38. The molecule has 1 aliphatic rings. The molecule has 5 nitrogen and oxygen atoms in total. The second kappa shape index (κ2) is 6.85. The van der Waals surface area contributed by atoms with Gasteiger partial charge in [-0.3, -0.25) is 14.7 Å². The van der Waals surface area contributed by atoms with Crippen LogP contribution in [0.25, 0.3) is 11.3 Å². The van der Waals surface area contributed by atoms with Gasteiger partial charge in [0.1, 0.15) is 11.1 Å². The summed E-state index contributed by atoms with van der Waals surface area (Å²) in [4.78, 5) is 23.0. The summed E-state index contributed by atoms with van der Waals surface area (Å²) in [7, 11) is 1.64. The van der Waals surface area contributed by atoms with Crippen molar-refractivity contribution in [1.29, 1.82) is 0 Å². The topological polar surface area (TPSA) is 55.3 Å². The predicted molar refractivity (Wildman–Crippen MR) is 101 cm³/mol. The van der Waals surface area contributed by atoms with Crippen LogP contribution in [0.3, 0.4) is 0 Å². The van der Waals surface area contributed by atoms with Crippen molar-refractivity contribution >= 4 is 34.1 Å². The van der Waals surface area contributed by atoms with Crippen LogP contribution in [0.15, 0.2) is 54.2 Å². The van der Waals surface area contributed by atoms with Crippen LogP contribution in [0, 0.1) is 0 Å². The average Bonchev–Trinajstić information content (AvgIpc) is 3.29. The van der Waals surface area contributed by atoms with Gasteiger partial charge in [-0.25, -0.2) is 4.98 Å². The van der Waals surface area contributed by atoms with Crippen LogP contribution in [-0.2, 0) is 4.79 Å². The number of hydrogen-bond acceptors (Lipinski definition) is 6. The molecule has 0 N–H and O–H groups in total. The van der Waals surface area contributed by atoms with Crippen LogP contribution in [0.5, 0.6) is 5.75 Å². The van der Waals surface area contributed by atoms with Crippen molar-refractivity contribution in [3.63, 3.8) is 0 Å². The normalized spacial score (nSPS) is 17.1. The van der Waals surface area contributed by atoms with E-state index in [1.54, 1.807) is 36.2 Å². The number of benzene rings is 1. The Morgan fingerprint density at radius 1 is 1.16 bits per heavy atom. The number of ether oxygens (including phenoxy) is 1. The number of aromatic nitrogens is 2. The molecule has 1 aliphatic heterocycles. The Morgan fingerprint density at radius 3 is 2.64 bits per heavy atom. The molecule has 3 heterocycles. The molecule has 1 saturated heterocycles. The lowest BCUT2D eigenvalue weighted by atomic mass is 10.2. The predicted octanol–water partition coefficient (Wildman–Crippen LogP) is 3.99. The van der Waals surface area contributed by atoms with E-state index in [0.29, 0.717) is 5.75 Å². The monoisotopic (exact) mass is 369 g/mol. The summed E-state index contributed by atoms with van der Waals surface area (Å²) in [6.45, 7) is 0. The van der Waals surface area contributed by atoms with Crippen molar-refractivity contribution in [2.24, 2.45) is 0 Å². The Balaban J connectivity index is 1.64. The fourth-order valence-electron chi connectivity index (χ4n) is 2.67. The molecule has 1 aromatic carbocycles. The van der Waals surface area contributed by atoms with Crippen molar-refractivity contribution in [3.05, 3.63) is 59.7 Å². The Morgan fingerprint density at radius 2 is 1.92 bits per heavy atom. The van der Waals surface area contributed by atoms with E-state index in [4.69, 9.17) is 9.72 Å². The first-order valence-electron chi connectivity index (χ1n) is 7.70. The summed E-state index contributed by atoms with van der Waals surface area (Å²) >= 11 is 3.10. The zero-order valence-corrected chi connectivity index (χ0v) is 15.1. The molecule has 0 saturated carbocycles. The van der Waals surface area contributed by atoms with E-state index in [1.165, 1.54) is 11.3 Å². The number of nitrogens with zero attached hydrogens (tertiary/aromatic N) is 3. The van der Waals surface area contributed by atoms with Crippen molar-refractivity contribution in [2.45, 2.75) is 5.37 Å². The van der Waals surface area contributed by atoms with E-state index in [9.17, 15) is 4.79 Å². The highest BCUT2D eigenvalue weighted by molar-refractivity contribution is 8.00. The summed E-state index contributed by atoms with van der Waals surface area (Å²) in [6, 6.07) is 11.6. The Labute approximate surface area is 153 Å². The third kappa shape index (κ3) is 3.12. The van der Waals surface area contributed by atoms with Crippen LogP contribution in [0.4, 0.5) is 5.13 Å². The van der Waals surface area contributed by atoms with E-state index in [0.717, 1.165) is 27.7 Å². The van der Waals surface area contributed by atoms with Crippen LogP contribution >= 0.6 is 23.1 Å². The maximum atomic E-state index is 12.4. The van der Waals surface area contributed by atoms with E-state index in [-0.39, 0.29) is 11.3 Å². The maximum absolute atomic E-state index is 12.4. The minimum atomic E-state index is -0.0506. The molecular formula is C18H15N3O2S2. The molecule has 0 spiro atoms. The maximum Gasteiger partial charge on any atom is 0.240 e. The van der Waals surface area contributed by atoms with Gasteiger partial charge in [0, 0.05) is 23.3 Å². The Kier molecular flexibility index (Phi) is 4.42. The lowest BCUT2D eigenvalue weighted by Crippen LogP contribution is -2.27. The number of thiazole rings is 1. The largest absolute Gasteiger partial charge is 0.497 e. The van der Waals surface area contributed by atoms with Crippen LogP contribution in [0.1, 0.15) is 10.9 Å². The number of carbonyl (C=O) groups excluding carboxylic acids is 1. The lowest BCUT2D eigenvalue weighted by molar-refractivity contribution is -0.115. The molecule has 7 heteroatoms. The van der Waals surface area contributed by atoms with Gasteiger partial charge in [-0.05, 0) is 42.0 Å². The average molecular weight is 369 g/mol. The second-order valence-electron chi connectivity index (χ2n) is 5.45. The van der Waals surface area contributed by atoms with E-state index in [1.807, 2.05) is 41.8 Å². The first-order valence-corrected chi connectivity index (χ1v) is 9.62. The van der Waals surface area contributed by atoms with Gasteiger partial charge in [-0.15, -0.1) is 23.1 Å². The highest BCUT2D eigenvalue weighted by atomic mass is 32.2. The summed E-state index contributed by atoms with van der Waals surface area (Å²) in [6.07, 6.45) is 3.50. The summed E-state index contributed by atoms with van der Waals surface area (Å²) in [5.74, 6) is 1.36. The number of anilines is 1. The molecule has 0 aliphatic carbocycles. The van der Waals surface area contributed by atoms with Crippen molar-refractivity contribution in [2.75, 3.05) is 17.8 Å². The van der Waals surface area contributed by atoms with Gasteiger partial charge in [-0.2, -0.15) is 0 Å². The summed E-state index contributed by atoms with van der Waals surface area (Å²) < 4.78 is 5.19. The third-order valence-electron chi connectivity index (χ3n) is 3.94. The number of amides is 1.